The van der Waals surface area contributed by atoms with Crippen LogP contribution in [0.15, 0.2) is 18.2 Å². The van der Waals surface area contributed by atoms with Crippen molar-refractivity contribution in [3.8, 4) is 0 Å². The van der Waals surface area contributed by atoms with Gasteiger partial charge in [0.25, 0.3) is 11.6 Å². The summed E-state index contributed by atoms with van der Waals surface area (Å²) < 4.78 is 0. The lowest BCUT2D eigenvalue weighted by atomic mass is 9.87. The summed E-state index contributed by atoms with van der Waals surface area (Å²) in [7, 11) is 0. The number of nitrogens with one attached hydrogen (secondary N) is 1. The van der Waals surface area contributed by atoms with Gasteiger partial charge in [-0.15, -0.1) is 0 Å². The first-order chi connectivity index (χ1) is 9.31. The average Bonchev–Trinajstić information content (AvgIpc) is 2.68. The maximum Gasteiger partial charge on any atom is 0.282 e. The van der Waals surface area contributed by atoms with E-state index in [9.17, 15) is 14.9 Å². The van der Waals surface area contributed by atoms with Crippen LogP contribution in [0.4, 0.5) is 11.4 Å². The Morgan fingerprint density at radius 1 is 1.50 bits per heavy atom. The minimum Gasteiger partial charge on any atom is -0.399 e. The quantitative estimate of drug-likeness (QED) is 0.503. The van der Waals surface area contributed by atoms with E-state index in [1.54, 1.807) is 0 Å². The normalized spacial score (nSPS) is 20.6. The first kappa shape index (κ1) is 14.3. The summed E-state index contributed by atoms with van der Waals surface area (Å²) >= 11 is 0. The SMILES string of the molecule is CC1(C)CCCC1NC(=O)c1cc(N)ccc1[N+](=O)[O-]. The van der Waals surface area contributed by atoms with Crippen molar-refractivity contribution in [2.45, 2.75) is 39.2 Å². The Balaban J connectivity index is 2.25. The second-order valence-electron chi connectivity index (χ2n) is 5.94. The highest BCUT2D eigenvalue weighted by molar-refractivity contribution is 5.99. The van der Waals surface area contributed by atoms with Crippen molar-refractivity contribution in [3.63, 3.8) is 0 Å². The van der Waals surface area contributed by atoms with Gasteiger partial charge in [-0.25, -0.2) is 0 Å². The first-order valence-electron chi connectivity index (χ1n) is 6.66. The lowest BCUT2D eigenvalue weighted by Crippen LogP contribution is -2.41. The van der Waals surface area contributed by atoms with Crippen LogP contribution in [0.5, 0.6) is 0 Å². The molecule has 0 aromatic heterocycles. The van der Waals surface area contributed by atoms with E-state index in [4.69, 9.17) is 5.73 Å². The molecule has 1 unspecified atom stereocenters. The van der Waals surface area contributed by atoms with Gasteiger partial charge in [-0.2, -0.15) is 0 Å². The predicted octanol–water partition coefficient (Wildman–Crippen LogP) is 2.49. The molecule has 1 saturated carbocycles. The molecular weight excluding hydrogens is 258 g/mol. The van der Waals surface area contributed by atoms with Crippen LogP contribution in [-0.2, 0) is 0 Å². The van der Waals surface area contributed by atoms with Gasteiger partial charge in [0.15, 0.2) is 0 Å². The minimum absolute atomic E-state index is 0.0186. The van der Waals surface area contributed by atoms with Gasteiger partial charge in [0.1, 0.15) is 5.56 Å². The van der Waals surface area contributed by atoms with E-state index in [0.29, 0.717) is 5.69 Å². The molecule has 2 rings (SSSR count). The molecule has 1 aromatic rings. The summed E-state index contributed by atoms with van der Waals surface area (Å²) in [5, 5.41) is 13.9. The molecule has 1 amide bonds. The molecule has 1 aromatic carbocycles. The molecule has 1 fully saturated rings. The summed E-state index contributed by atoms with van der Waals surface area (Å²) in [6.07, 6.45) is 2.99. The number of nitrogen functional groups attached to an aromatic ring is 1. The number of nitrogens with two attached hydrogens (primary N) is 1. The zero-order valence-electron chi connectivity index (χ0n) is 11.7. The van der Waals surface area contributed by atoms with Crippen LogP contribution in [0, 0.1) is 15.5 Å². The number of hydrogen-bond donors (Lipinski definition) is 2. The lowest BCUT2D eigenvalue weighted by molar-refractivity contribution is -0.385. The Kier molecular flexibility index (Phi) is 3.65. The van der Waals surface area contributed by atoms with Crippen LogP contribution in [0.3, 0.4) is 0 Å². The number of carbonyl (C=O) groups is 1. The second-order valence-corrected chi connectivity index (χ2v) is 5.94. The van der Waals surface area contributed by atoms with Gasteiger partial charge in [-0.05, 0) is 30.4 Å². The third-order valence-corrected chi connectivity index (χ3v) is 4.02. The van der Waals surface area contributed by atoms with Gasteiger partial charge in [0.2, 0.25) is 0 Å². The topological polar surface area (TPSA) is 98.3 Å². The molecule has 0 bridgehead atoms. The molecule has 1 aliphatic carbocycles. The largest absolute Gasteiger partial charge is 0.399 e. The molecule has 0 aliphatic heterocycles. The Morgan fingerprint density at radius 2 is 2.20 bits per heavy atom. The number of nitrogens with zero attached hydrogens (tertiary/aromatic N) is 1. The Hall–Kier alpha value is -2.11. The van der Waals surface area contributed by atoms with E-state index < -0.39 is 10.8 Å². The fraction of sp³-hybridized carbons (Fsp3) is 0.500. The van der Waals surface area contributed by atoms with Crippen LogP contribution in [0.1, 0.15) is 43.5 Å². The molecule has 0 radical (unpaired) electrons. The van der Waals surface area contributed by atoms with Crippen molar-refractivity contribution >= 4 is 17.3 Å². The van der Waals surface area contributed by atoms with Crippen molar-refractivity contribution in [1.29, 1.82) is 0 Å². The number of rotatable bonds is 3. The maximum absolute atomic E-state index is 12.3. The second kappa shape index (κ2) is 5.11. The monoisotopic (exact) mass is 277 g/mol. The van der Waals surface area contributed by atoms with E-state index in [-0.39, 0.29) is 22.7 Å². The molecule has 6 nitrogen and oxygen atoms in total. The van der Waals surface area contributed by atoms with Gasteiger partial charge in [-0.1, -0.05) is 20.3 Å². The number of nitro groups is 1. The zero-order chi connectivity index (χ0) is 14.9. The Labute approximate surface area is 117 Å². The van der Waals surface area contributed by atoms with Crippen molar-refractivity contribution in [2.24, 2.45) is 5.41 Å². The van der Waals surface area contributed by atoms with Crippen molar-refractivity contribution in [1.82, 2.24) is 5.32 Å². The van der Waals surface area contributed by atoms with Crippen LogP contribution in [-0.4, -0.2) is 16.9 Å². The van der Waals surface area contributed by atoms with Gasteiger partial charge < -0.3 is 11.1 Å². The average molecular weight is 277 g/mol. The van der Waals surface area contributed by atoms with Crippen LogP contribution >= 0.6 is 0 Å². The number of hydrogen-bond acceptors (Lipinski definition) is 4. The third kappa shape index (κ3) is 2.74. The Bertz CT molecular complexity index is 555. The van der Waals surface area contributed by atoms with Crippen molar-refractivity contribution < 1.29 is 9.72 Å². The molecular formula is C14H19N3O3. The van der Waals surface area contributed by atoms with E-state index in [1.165, 1.54) is 18.2 Å². The predicted molar refractivity (Wildman–Crippen MR) is 76.4 cm³/mol. The summed E-state index contributed by atoms with van der Waals surface area (Å²) in [6.45, 7) is 4.19. The fourth-order valence-electron chi connectivity index (χ4n) is 2.73. The van der Waals surface area contributed by atoms with E-state index >= 15 is 0 Å². The summed E-state index contributed by atoms with van der Waals surface area (Å²) in [5.41, 5.74) is 5.79. The number of nitro benzene ring substituents is 1. The Morgan fingerprint density at radius 3 is 2.75 bits per heavy atom. The van der Waals surface area contributed by atoms with Crippen LogP contribution < -0.4 is 11.1 Å². The first-order valence-corrected chi connectivity index (χ1v) is 6.66. The van der Waals surface area contributed by atoms with E-state index in [2.05, 4.69) is 19.2 Å². The molecule has 0 heterocycles. The smallest absolute Gasteiger partial charge is 0.282 e. The molecule has 108 valence electrons. The summed E-state index contributed by atoms with van der Waals surface area (Å²) in [4.78, 5) is 22.7. The van der Waals surface area contributed by atoms with Crippen molar-refractivity contribution in [2.75, 3.05) is 5.73 Å². The minimum atomic E-state index is -0.561. The summed E-state index contributed by atoms with van der Waals surface area (Å²) in [6, 6.07) is 4.09. The lowest BCUT2D eigenvalue weighted by Gasteiger charge is -2.27. The van der Waals surface area contributed by atoms with Gasteiger partial charge in [0, 0.05) is 17.8 Å². The standard InChI is InChI=1S/C14H19N3O3/c1-14(2)7-3-4-12(14)16-13(18)10-8-9(15)5-6-11(10)17(19)20/h5-6,8,12H,3-4,7,15H2,1-2H3,(H,16,18). The summed E-state index contributed by atoms with van der Waals surface area (Å²) in [5.74, 6) is -0.427. The van der Waals surface area contributed by atoms with Gasteiger partial charge >= 0.3 is 0 Å². The zero-order valence-corrected chi connectivity index (χ0v) is 11.7. The molecule has 20 heavy (non-hydrogen) atoms. The van der Waals surface area contributed by atoms with Crippen molar-refractivity contribution in [3.05, 3.63) is 33.9 Å². The molecule has 1 aliphatic rings. The molecule has 6 heteroatoms. The molecule has 1 atom stereocenters. The highest BCUT2D eigenvalue weighted by Crippen LogP contribution is 2.37. The van der Waals surface area contributed by atoms with Crippen LogP contribution in [0.25, 0.3) is 0 Å². The maximum atomic E-state index is 12.3. The van der Waals surface area contributed by atoms with Gasteiger partial charge in [0.05, 0.1) is 4.92 Å². The number of amides is 1. The highest BCUT2D eigenvalue weighted by Gasteiger charge is 2.36. The fourth-order valence-corrected chi connectivity index (χ4v) is 2.73. The highest BCUT2D eigenvalue weighted by atomic mass is 16.6. The molecule has 0 spiro atoms. The molecule has 3 N–H and O–H groups in total. The molecule has 0 saturated heterocycles. The van der Waals surface area contributed by atoms with Crippen LogP contribution in [0.2, 0.25) is 0 Å². The third-order valence-electron chi connectivity index (χ3n) is 4.02. The van der Waals surface area contributed by atoms with E-state index in [0.717, 1.165) is 19.3 Å². The number of benzene rings is 1. The van der Waals surface area contributed by atoms with Gasteiger partial charge in [-0.3, -0.25) is 14.9 Å². The number of carbonyl (C=O) groups excluding carboxylic acids is 1. The number of anilines is 1. The van der Waals surface area contributed by atoms with E-state index in [1.807, 2.05) is 0 Å².